The summed E-state index contributed by atoms with van der Waals surface area (Å²) in [6, 6.07) is 0.438. The number of hydrogen-bond acceptors (Lipinski definition) is 2. The number of fused-ring (bicyclic) bond motifs is 1. The van der Waals surface area contributed by atoms with E-state index in [0.29, 0.717) is 23.8 Å². The maximum absolute atomic E-state index is 12.6. The van der Waals surface area contributed by atoms with E-state index >= 15 is 0 Å². The second-order valence-corrected chi connectivity index (χ2v) is 6.06. The minimum Gasteiger partial charge on any atom is -0.339 e. The van der Waals surface area contributed by atoms with Gasteiger partial charge >= 0.3 is 0 Å². The zero-order chi connectivity index (χ0) is 13.1. The van der Waals surface area contributed by atoms with Gasteiger partial charge in [0.15, 0.2) is 0 Å². The third kappa shape index (κ3) is 2.56. The second-order valence-electron chi connectivity index (χ2n) is 6.06. The highest BCUT2D eigenvalue weighted by Crippen LogP contribution is 2.34. The fourth-order valence-corrected chi connectivity index (χ4v) is 3.65. The van der Waals surface area contributed by atoms with Crippen LogP contribution in [0.4, 0.5) is 0 Å². The van der Waals surface area contributed by atoms with Crippen molar-refractivity contribution in [3.8, 4) is 0 Å². The van der Waals surface area contributed by atoms with Crippen molar-refractivity contribution in [2.24, 2.45) is 17.8 Å². The highest BCUT2D eigenvalue weighted by atomic mass is 16.2. The maximum atomic E-state index is 12.6. The van der Waals surface area contributed by atoms with Gasteiger partial charge in [-0.05, 0) is 31.6 Å². The Morgan fingerprint density at radius 1 is 1.39 bits per heavy atom. The topological polar surface area (TPSA) is 32.3 Å². The quantitative estimate of drug-likeness (QED) is 0.814. The fourth-order valence-electron chi connectivity index (χ4n) is 3.65. The van der Waals surface area contributed by atoms with E-state index in [1.807, 2.05) is 0 Å². The molecule has 3 heteroatoms. The number of carbonyl (C=O) groups is 1. The molecule has 4 atom stereocenters. The fraction of sp³-hybridized carbons (Fsp3) is 0.933. The van der Waals surface area contributed by atoms with E-state index in [-0.39, 0.29) is 5.92 Å². The molecule has 104 valence electrons. The van der Waals surface area contributed by atoms with Gasteiger partial charge in [-0.3, -0.25) is 4.79 Å². The number of amides is 1. The number of rotatable bonds is 5. The Morgan fingerprint density at radius 3 is 2.78 bits per heavy atom. The van der Waals surface area contributed by atoms with Crippen molar-refractivity contribution < 1.29 is 4.79 Å². The molecule has 0 bridgehead atoms. The van der Waals surface area contributed by atoms with Gasteiger partial charge in [-0.2, -0.15) is 0 Å². The molecule has 0 aliphatic carbocycles. The average Bonchev–Trinajstić information content (AvgIpc) is 2.93. The van der Waals surface area contributed by atoms with Gasteiger partial charge < -0.3 is 10.2 Å². The van der Waals surface area contributed by atoms with E-state index in [1.54, 1.807) is 0 Å². The first-order chi connectivity index (χ1) is 8.69. The third-order valence-corrected chi connectivity index (χ3v) is 4.97. The molecule has 0 aromatic rings. The molecule has 1 N–H and O–H groups in total. The number of likely N-dealkylation sites (tertiary alicyclic amines) is 1. The van der Waals surface area contributed by atoms with Crippen LogP contribution in [0.15, 0.2) is 0 Å². The summed E-state index contributed by atoms with van der Waals surface area (Å²) >= 11 is 0. The van der Waals surface area contributed by atoms with Crippen molar-refractivity contribution in [2.45, 2.75) is 52.5 Å². The van der Waals surface area contributed by atoms with Crippen molar-refractivity contribution in [3.63, 3.8) is 0 Å². The summed E-state index contributed by atoms with van der Waals surface area (Å²) in [7, 11) is 0. The van der Waals surface area contributed by atoms with E-state index < -0.39 is 0 Å². The van der Waals surface area contributed by atoms with E-state index in [0.717, 1.165) is 32.5 Å². The predicted molar refractivity (Wildman–Crippen MR) is 74.3 cm³/mol. The zero-order valence-electron chi connectivity index (χ0n) is 12.1. The Morgan fingerprint density at radius 2 is 2.17 bits per heavy atom. The molecule has 0 saturated carbocycles. The molecule has 0 spiro atoms. The molecule has 0 radical (unpaired) electrons. The van der Waals surface area contributed by atoms with E-state index in [9.17, 15) is 4.79 Å². The van der Waals surface area contributed by atoms with Crippen LogP contribution in [0, 0.1) is 17.8 Å². The number of nitrogens with one attached hydrogen (secondary N) is 1. The first kappa shape index (κ1) is 13.9. The predicted octanol–water partition coefficient (Wildman–Crippen LogP) is 2.27. The van der Waals surface area contributed by atoms with Crippen molar-refractivity contribution >= 4 is 5.91 Å². The molecule has 2 heterocycles. The maximum Gasteiger partial charge on any atom is 0.225 e. The lowest BCUT2D eigenvalue weighted by atomic mass is 9.95. The van der Waals surface area contributed by atoms with Crippen LogP contribution in [-0.4, -0.2) is 36.5 Å². The molecule has 18 heavy (non-hydrogen) atoms. The van der Waals surface area contributed by atoms with Gasteiger partial charge in [0.05, 0.1) is 0 Å². The molecule has 4 unspecified atom stereocenters. The van der Waals surface area contributed by atoms with Gasteiger partial charge in [0.1, 0.15) is 0 Å². The van der Waals surface area contributed by atoms with E-state index in [2.05, 4.69) is 31.0 Å². The Balaban J connectivity index is 1.96. The molecule has 0 aromatic heterocycles. The lowest BCUT2D eigenvalue weighted by Crippen LogP contribution is -2.41. The van der Waals surface area contributed by atoms with Crippen LogP contribution in [0.25, 0.3) is 0 Å². The molecule has 3 nitrogen and oxygen atoms in total. The number of nitrogens with zero attached hydrogens (tertiary/aromatic N) is 1. The Kier molecular flexibility index (Phi) is 4.66. The summed E-state index contributed by atoms with van der Waals surface area (Å²) in [5.41, 5.74) is 0. The van der Waals surface area contributed by atoms with Crippen LogP contribution in [0.1, 0.15) is 46.5 Å². The lowest BCUT2D eigenvalue weighted by Gasteiger charge is -2.28. The second kappa shape index (κ2) is 6.05. The smallest absolute Gasteiger partial charge is 0.225 e. The highest BCUT2D eigenvalue weighted by Gasteiger charge is 2.44. The summed E-state index contributed by atoms with van der Waals surface area (Å²) in [5.74, 6) is 2.08. The molecule has 2 saturated heterocycles. The number of hydrogen-bond donors (Lipinski definition) is 1. The number of carbonyl (C=O) groups excluding carboxylic acids is 1. The van der Waals surface area contributed by atoms with Crippen molar-refractivity contribution in [2.75, 3.05) is 19.6 Å². The summed E-state index contributed by atoms with van der Waals surface area (Å²) in [4.78, 5) is 14.8. The summed E-state index contributed by atoms with van der Waals surface area (Å²) < 4.78 is 0. The Bertz CT molecular complexity index is 292. The molecular formula is C15H28N2O. The van der Waals surface area contributed by atoms with Crippen LogP contribution in [0.2, 0.25) is 0 Å². The van der Waals surface area contributed by atoms with Crippen LogP contribution in [0.5, 0.6) is 0 Å². The van der Waals surface area contributed by atoms with E-state index in [1.165, 1.54) is 12.8 Å². The van der Waals surface area contributed by atoms with Gasteiger partial charge in [0, 0.05) is 31.6 Å². The Labute approximate surface area is 111 Å². The lowest BCUT2D eigenvalue weighted by molar-refractivity contribution is -0.136. The van der Waals surface area contributed by atoms with Crippen LogP contribution in [-0.2, 0) is 4.79 Å². The standard InChI is InChI=1S/C15H28N2O/c1-4-6-7-12(5-2)15(18)17-10-13-8-16-9-14(13)11(17)3/h11-14,16H,4-10H2,1-3H3. The van der Waals surface area contributed by atoms with Gasteiger partial charge in [0.25, 0.3) is 0 Å². The van der Waals surface area contributed by atoms with Crippen LogP contribution in [0.3, 0.4) is 0 Å². The average molecular weight is 252 g/mol. The first-order valence-electron chi connectivity index (χ1n) is 7.70. The largest absolute Gasteiger partial charge is 0.339 e. The first-order valence-corrected chi connectivity index (χ1v) is 7.70. The highest BCUT2D eigenvalue weighted by molar-refractivity contribution is 5.79. The van der Waals surface area contributed by atoms with Gasteiger partial charge in [-0.1, -0.05) is 26.7 Å². The SMILES string of the molecule is CCCCC(CC)C(=O)N1CC2CNCC2C1C. The Hall–Kier alpha value is -0.570. The van der Waals surface area contributed by atoms with Crippen LogP contribution >= 0.6 is 0 Å². The minimum absolute atomic E-state index is 0.263. The molecule has 2 aliphatic heterocycles. The van der Waals surface area contributed by atoms with Gasteiger partial charge in [-0.25, -0.2) is 0 Å². The molecule has 2 fully saturated rings. The molecular weight excluding hydrogens is 224 g/mol. The van der Waals surface area contributed by atoms with Crippen molar-refractivity contribution in [1.29, 1.82) is 0 Å². The normalized spacial score (nSPS) is 32.6. The summed E-state index contributed by atoms with van der Waals surface area (Å²) in [6.45, 7) is 9.78. The minimum atomic E-state index is 0.263. The van der Waals surface area contributed by atoms with Crippen molar-refractivity contribution in [1.82, 2.24) is 10.2 Å². The van der Waals surface area contributed by atoms with Gasteiger partial charge in [-0.15, -0.1) is 0 Å². The molecule has 2 aliphatic rings. The summed E-state index contributed by atoms with van der Waals surface area (Å²) in [5, 5.41) is 3.45. The van der Waals surface area contributed by atoms with E-state index in [4.69, 9.17) is 0 Å². The summed E-state index contributed by atoms with van der Waals surface area (Å²) in [6.07, 6.45) is 4.44. The third-order valence-electron chi connectivity index (χ3n) is 4.97. The molecule has 1 amide bonds. The molecule has 2 rings (SSSR count). The number of unbranched alkanes of at least 4 members (excludes halogenated alkanes) is 1. The molecule has 0 aromatic carbocycles. The van der Waals surface area contributed by atoms with Gasteiger partial charge in [0.2, 0.25) is 5.91 Å². The monoisotopic (exact) mass is 252 g/mol. The zero-order valence-corrected chi connectivity index (χ0v) is 12.1. The van der Waals surface area contributed by atoms with Crippen molar-refractivity contribution in [3.05, 3.63) is 0 Å². The van der Waals surface area contributed by atoms with Crippen LogP contribution < -0.4 is 5.32 Å².